The largest absolute Gasteiger partial charge is 0.484 e. The van der Waals surface area contributed by atoms with Crippen LogP contribution in [0.4, 0.5) is 0 Å². The number of hydrogen-bond donors (Lipinski definition) is 1. The van der Waals surface area contributed by atoms with E-state index in [-0.39, 0.29) is 19.1 Å². The van der Waals surface area contributed by atoms with E-state index in [1.165, 1.54) is 23.8 Å². The molecule has 174 valence electrons. The van der Waals surface area contributed by atoms with Gasteiger partial charge in [-0.1, -0.05) is 48.5 Å². The number of benzene rings is 2. The van der Waals surface area contributed by atoms with Gasteiger partial charge in [0.1, 0.15) is 17.7 Å². The molecule has 0 aliphatic carbocycles. The van der Waals surface area contributed by atoms with E-state index in [4.69, 9.17) is 14.2 Å². The molecule has 0 radical (unpaired) electrons. The highest BCUT2D eigenvalue weighted by Gasteiger charge is 2.74. The molecule has 2 aromatic rings. The molecule has 0 unspecified atom stereocenters. The van der Waals surface area contributed by atoms with Crippen molar-refractivity contribution in [3.63, 3.8) is 0 Å². The number of para-hydroxylation sites is 1. The van der Waals surface area contributed by atoms with E-state index in [0.717, 1.165) is 5.56 Å². The van der Waals surface area contributed by atoms with Gasteiger partial charge in [-0.3, -0.25) is 14.5 Å². The fourth-order valence-corrected chi connectivity index (χ4v) is 5.87. The minimum Gasteiger partial charge on any atom is -0.484 e. The van der Waals surface area contributed by atoms with E-state index < -0.39 is 33.8 Å². The number of fused-ring (bicyclic) bond motifs is 1. The highest BCUT2D eigenvalue weighted by atomic mass is 32.2. The van der Waals surface area contributed by atoms with Gasteiger partial charge < -0.3 is 19.5 Å². The smallest absolute Gasteiger partial charge is 0.355 e. The van der Waals surface area contributed by atoms with Crippen LogP contribution in [0.1, 0.15) is 19.4 Å². The molecule has 2 aliphatic rings. The lowest BCUT2D eigenvalue weighted by molar-refractivity contribution is -0.191. The third kappa shape index (κ3) is 4.06. The molecular formula is C24H26N2O6S. The molecule has 0 spiro atoms. The first-order chi connectivity index (χ1) is 15.8. The van der Waals surface area contributed by atoms with Crippen molar-refractivity contribution in [2.45, 2.75) is 42.3 Å². The number of β-lactam (4-membered cyclic amide) rings is 1. The number of nitrogens with one attached hydrogen (secondary N) is 1. The molecule has 2 fully saturated rings. The van der Waals surface area contributed by atoms with E-state index >= 15 is 0 Å². The Balaban J connectivity index is 1.58. The summed E-state index contributed by atoms with van der Waals surface area (Å²) in [5.74, 6) is -1.10. The molecule has 4 rings (SSSR count). The molecule has 2 heterocycles. The quantitative estimate of drug-likeness (QED) is 0.467. The Morgan fingerprint density at radius 2 is 1.70 bits per heavy atom. The monoisotopic (exact) mass is 470 g/mol. The van der Waals surface area contributed by atoms with Gasteiger partial charge in [0, 0.05) is 7.11 Å². The first-order valence-corrected chi connectivity index (χ1v) is 11.4. The normalized spacial score (nSPS) is 25.1. The SMILES string of the molecule is CO[C@@H]1C(=O)N2[C@@H]1SC(C)(C)[C@]2(NC(=O)COc1ccccc1)C(=O)OCc1ccccc1. The Bertz CT molecular complexity index is 1030. The molecular weight excluding hydrogens is 444 g/mol. The number of nitrogens with zero attached hydrogens (tertiary/aromatic N) is 1. The van der Waals surface area contributed by atoms with Gasteiger partial charge in [0.15, 0.2) is 12.7 Å². The predicted octanol–water partition coefficient (Wildman–Crippen LogP) is 2.33. The number of methoxy groups -OCH3 is 1. The van der Waals surface area contributed by atoms with Crippen LogP contribution in [0.15, 0.2) is 60.7 Å². The molecule has 0 aromatic heterocycles. The molecule has 0 bridgehead atoms. The summed E-state index contributed by atoms with van der Waals surface area (Å²) in [6.45, 7) is 3.30. The molecule has 2 saturated heterocycles. The van der Waals surface area contributed by atoms with Crippen molar-refractivity contribution in [2.24, 2.45) is 0 Å². The second kappa shape index (κ2) is 9.07. The number of thioether (sulfide) groups is 1. The standard InChI is InChI=1S/C24H26N2O6S/c1-23(2)24(26-20(28)19(30-3)21(26)33-23,22(29)32-14-16-10-6-4-7-11-16)25-18(27)15-31-17-12-8-5-9-13-17/h4-13,19,21H,14-15H2,1-3H3,(H,25,27)/t19-,21-,24+/m1/s1. The van der Waals surface area contributed by atoms with Gasteiger partial charge in [0.25, 0.3) is 11.8 Å². The lowest BCUT2D eigenvalue weighted by atomic mass is 9.89. The van der Waals surface area contributed by atoms with Gasteiger partial charge in [-0.05, 0) is 31.5 Å². The van der Waals surface area contributed by atoms with Gasteiger partial charge in [0.05, 0.1) is 4.75 Å². The van der Waals surface area contributed by atoms with E-state index in [0.29, 0.717) is 5.75 Å². The Morgan fingerprint density at radius 1 is 1.06 bits per heavy atom. The molecule has 0 saturated carbocycles. The summed E-state index contributed by atoms with van der Waals surface area (Å²) in [6.07, 6.45) is -0.685. The van der Waals surface area contributed by atoms with Crippen molar-refractivity contribution in [3.8, 4) is 5.75 Å². The molecule has 3 atom stereocenters. The van der Waals surface area contributed by atoms with E-state index in [2.05, 4.69) is 5.32 Å². The third-order valence-electron chi connectivity index (χ3n) is 5.84. The first kappa shape index (κ1) is 23.1. The minimum atomic E-state index is -1.71. The van der Waals surface area contributed by atoms with Crippen LogP contribution in [0.25, 0.3) is 0 Å². The molecule has 2 aromatic carbocycles. The number of carbonyl (C=O) groups excluding carboxylic acids is 3. The van der Waals surface area contributed by atoms with Gasteiger partial charge >= 0.3 is 5.97 Å². The van der Waals surface area contributed by atoms with Crippen LogP contribution in [0.2, 0.25) is 0 Å². The average molecular weight is 471 g/mol. The van der Waals surface area contributed by atoms with E-state index in [1.54, 1.807) is 38.1 Å². The van der Waals surface area contributed by atoms with Crippen molar-refractivity contribution in [3.05, 3.63) is 66.2 Å². The van der Waals surface area contributed by atoms with Crippen LogP contribution in [0, 0.1) is 0 Å². The summed E-state index contributed by atoms with van der Waals surface area (Å²) >= 11 is 1.39. The summed E-state index contributed by atoms with van der Waals surface area (Å²) in [6, 6.07) is 18.1. The first-order valence-electron chi connectivity index (χ1n) is 10.5. The van der Waals surface area contributed by atoms with Gasteiger partial charge in [-0.2, -0.15) is 0 Å². The third-order valence-corrected chi connectivity index (χ3v) is 7.42. The summed E-state index contributed by atoms with van der Waals surface area (Å²) < 4.78 is 15.6. The fourth-order valence-electron chi connectivity index (χ4n) is 4.14. The lowest BCUT2D eigenvalue weighted by Crippen LogP contribution is -2.79. The maximum absolute atomic E-state index is 13.6. The number of hydrogen-bond acceptors (Lipinski definition) is 7. The van der Waals surface area contributed by atoms with E-state index in [9.17, 15) is 14.4 Å². The second-order valence-electron chi connectivity index (χ2n) is 8.31. The zero-order valence-electron chi connectivity index (χ0n) is 18.6. The van der Waals surface area contributed by atoms with Gasteiger partial charge in [-0.25, -0.2) is 4.79 Å². The highest BCUT2D eigenvalue weighted by molar-refractivity contribution is 8.01. The molecule has 1 N–H and O–H groups in total. The molecule has 9 heteroatoms. The summed E-state index contributed by atoms with van der Waals surface area (Å²) in [5, 5.41) is 2.37. The van der Waals surface area contributed by atoms with Crippen LogP contribution < -0.4 is 10.1 Å². The van der Waals surface area contributed by atoms with E-state index in [1.807, 2.05) is 36.4 Å². The minimum absolute atomic E-state index is 0.0129. The van der Waals surface area contributed by atoms with Crippen molar-refractivity contribution in [2.75, 3.05) is 13.7 Å². The van der Waals surface area contributed by atoms with Crippen molar-refractivity contribution >= 4 is 29.5 Å². The van der Waals surface area contributed by atoms with Crippen LogP contribution >= 0.6 is 11.8 Å². The Hall–Kier alpha value is -3.04. The van der Waals surface area contributed by atoms with Gasteiger partial charge in [-0.15, -0.1) is 11.8 Å². The Morgan fingerprint density at radius 3 is 2.33 bits per heavy atom. The molecule has 2 amide bonds. The second-order valence-corrected chi connectivity index (χ2v) is 10.0. The predicted molar refractivity (Wildman–Crippen MR) is 122 cm³/mol. The lowest BCUT2D eigenvalue weighted by Gasteiger charge is -2.49. The number of ether oxygens (including phenoxy) is 3. The maximum atomic E-state index is 13.6. The van der Waals surface area contributed by atoms with Crippen molar-refractivity contribution < 1.29 is 28.6 Å². The number of rotatable bonds is 8. The number of amides is 2. The zero-order valence-corrected chi connectivity index (χ0v) is 19.5. The average Bonchev–Trinajstić information content (AvgIpc) is 3.02. The van der Waals surface area contributed by atoms with Crippen LogP contribution in [0.5, 0.6) is 5.75 Å². The highest BCUT2D eigenvalue weighted by Crippen LogP contribution is 2.56. The van der Waals surface area contributed by atoms with Gasteiger partial charge in [0.2, 0.25) is 5.66 Å². The fraction of sp³-hybridized carbons (Fsp3) is 0.375. The topological polar surface area (TPSA) is 94.2 Å². The zero-order chi connectivity index (χ0) is 23.6. The van der Waals surface area contributed by atoms with Crippen molar-refractivity contribution in [1.82, 2.24) is 10.2 Å². The summed E-state index contributed by atoms with van der Waals surface area (Å²) in [4.78, 5) is 40.8. The number of carbonyl (C=O) groups is 3. The Labute approximate surface area is 196 Å². The summed E-state index contributed by atoms with van der Waals surface area (Å²) in [7, 11) is 1.45. The molecule has 2 aliphatic heterocycles. The van der Waals surface area contributed by atoms with Crippen LogP contribution in [-0.4, -0.2) is 58.3 Å². The maximum Gasteiger partial charge on any atom is 0.355 e. The summed E-state index contributed by atoms with van der Waals surface area (Å²) in [5.41, 5.74) is -0.912. The van der Waals surface area contributed by atoms with Crippen molar-refractivity contribution in [1.29, 1.82) is 0 Å². The van der Waals surface area contributed by atoms with Crippen LogP contribution in [-0.2, 0) is 30.5 Å². The molecule has 33 heavy (non-hydrogen) atoms. The molecule has 8 nitrogen and oxygen atoms in total. The number of esters is 1. The Kier molecular flexibility index (Phi) is 6.36. The van der Waals surface area contributed by atoms with Crippen LogP contribution in [0.3, 0.4) is 0 Å².